The van der Waals surface area contributed by atoms with E-state index >= 15 is 0 Å². The van der Waals surface area contributed by atoms with E-state index in [0.717, 1.165) is 15.7 Å². The molecule has 0 radical (unpaired) electrons. The highest BCUT2D eigenvalue weighted by Gasteiger charge is 2.02. The lowest BCUT2D eigenvalue weighted by atomic mass is 10.2. The fraction of sp³-hybridized carbons (Fsp3) is 0.154. The first-order chi connectivity index (χ1) is 8.69. The second kappa shape index (κ2) is 6.07. The molecular weight excluding hydrogens is 316 g/mol. The lowest BCUT2D eigenvalue weighted by Crippen LogP contribution is -2.00. The zero-order valence-electron chi connectivity index (χ0n) is 9.78. The predicted octanol–water partition coefficient (Wildman–Crippen LogP) is 4.12. The van der Waals surface area contributed by atoms with Crippen LogP contribution in [0.4, 0.5) is 5.69 Å². The Morgan fingerprint density at radius 3 is 2.83 bits per heavy atom. The molecule has 0 saturated carbocycles. The summed E-state index contributed by atoms with van der Waals surface area (Å²) in [5.74, 6) is 0.673. The third-order valence-corrected chi connectivity index (χ3v) is 3.14. The van der Waals surface area contributed by atoms with Crippen LogP contribution in [0, 0.1) is 0 Å². The Bertz CT molecular complexity index is 548. The number of halogens is 2. The zero-order chi connectivity index (χ0) is 13.0. The van der Waals surface area contributed by atoms with Crippen LogP contribution in [0.2, 0.25) is 5.02 Å². The normalized spacial score (nSPS) is 10.2. The largest absolute Gasteiger partial charge is 0.495 e. The number of rotatable bonds is 4. The number of nitrogens with zero attached hydrogens (tertiary/aromatic N) is 1. The molecule has 2 aromatic rings. The molecule has 0 amide bonds. The molecule has 3 nitrogen and oxygen atoms in total. The van der Waals surface area contributed by atoms with Crippen molar-refractivity contribution in [3.63, 3.8) is 0 Å². The summed E-state index contributed by atoms with van der Waals surface area (Å²) in [7, 11) is 1.60. The molecule has 0 unspecified atom stereocenters. The fourth-order valence-corrected chi connectivity index (χ4v) is 2.20. The van der Waals surface area contributed by atoms with Crippen LogP contribution in [0.15, 0.2) is 41.1 Å². The summed E-state index contributed by atoms with van der Waals surface area (Å²) in [6, 6.07) is 7.62. The van der Waals surface area contributed by atoms with Gasteiger partial charge in [0, 0.05) is 29.1 Å². The Morgan fingerprint density at radius 1 is 1.33 bits per heavy atom. The van der Waals surface area contributed by atoms with Crippen LogP contribution in [-0.4, -0.2) is 12.1 Å². The molecule has 1 aromatic heterocycles. The van der Waals surface area contributed by atoms with Gasteiger partial charge in [-0.15, -0.1) is 0 Å². The number of anilines is 1. The predicted molar refractivity (Wildman–Crippen MR) is 77.3 cm³/mol. The van der Waals surface area contributed by atoms with Crippen LogP contribution in [0.3, 0.4) is 0 Å². The average Bonchev–Trinajstić information content (AvgIpc) is 2.37. The Balaban J connectivity index is 2.04. The van der Waals surface area contributed by atoms with Crippen molar-refractivity contribution in [1.82, 2.24) is 4.98 Å². The molecule has 1 aromatic carbocycles. The highest BCUT2D eigenvalue weighted by atomic mass is 79.9. The van der Waals surface area contributed by atoms with E-state index in [4.69, 9.17) is 16.3 Å². The van der Waals surface area contributed by atoms with E-state index in [1.54, 1.807) is 13.3 Å². The van der Waals surface area contributed by atoms with E-state index in [1.807, 2.05) is 30.5 Å². The molecule has 0 atom stereocenters. The van der Waals surface area contributed by atoms with Crippen molar-refractivity contribution in [2.24, 2.45) is 0 Å². The van der Waals surface area contributed by atoms with E-state index in [2.05, 4.69) is 26.2 Å². The number of nitrogens with one attached hydrogen (secondary N) is 1. The Hall–Kier alpha value is -1.26. The van der Waals surface area contributed by atoms with Crippen LogP contribution in [0.25, 0.3) is 0 Å². The summed E-state index contributed by atoms with van der Waals surface area (Å²) in [5, 5.41) is 3.87. The van der Waals surface area contributed by atoms with Crippen molar-refractivity contribution in [3.05, 3.63) is 51.7 Å². The quantitative estimate of drug-likeness (QED) is 0.917. The van der Waals surface area contributed by atoms with Crippen molar-refractivity contribution >= 4 is 33.2 Å². The average molecular weight is 328 g/mol. The van der Waals surface area contributed by atoms with Gasteiger partial charge in [-0.3, -0.25) is 4.98 Å². The van der Waals surface area contributed by atoms with Crippen molar-refractivity contribution in [2.75, 3.05) is 12.4 Å². The number of benzene rings is 1. The van der Waals surface area contributed by atoms with Crippen molar-refractivity contribution in [3.8, 4) is 5.75 Å². The molecule has 0 bridgehead atoms. The minimum Gasteiger partial charge on any atom is -0.495 e. The maximum absolute atomic E-state index is 6.05. The number of pyridine rings is 1. The third kappa shape index (κ3) is 3.37. The fourth-order valence-electron chi connectivity index (χ4n) is 1.53. The van der Waals surface area contributed by atoms with Crippen LogP contribution in [0.1, 0.15) is 5.56 Å². The summed E-state index contributed by atoms with van der Waals surface area (Å²) in [6.07, 6.45) is 3.58. The second-order valence-electron chi connectivity index (χ2n) is 3.71. The molecule has 1 N–H and O–H groups in total. The number of ether oxygens (including phenoxy) is 1. The van der Waals surface area contributed by atoms with Gasteiger partial charge in [-0.05, 0) is 45.8 Å². The molecule has 0 saturated heterocycles. The molecule has 0 fully saturated rings. The summed E-state index contributed by atoms with van der Waals surface area (Å²) >= 11 is 9.44. The lowest BCUT2D eigenvalue weighted by Gasteiger charge is -2.09. The molecule has 18 heavy (non-hydrogen) atoms. The van der Waals surface area contributed by atoms with Gasteiger partial charge in [0.15, 0.2) is 0 Å². The van der Waals surface area contributed by atoms with E-state index in [0.29, 0.717) is 17.3 Å². The van der Waals surface area contributed by atoms with Crippen LogP contribution in [0.5, 0.6) is 5.75 Å². The first-order valence-electron chi connectivity index (χ1n) is 5.36. The minimum atomic E-state index is 0.592. The molecule has 0 aliphatic heterocycles. The van der Waals surface area contributed by atoms with E-state index < -0.39 is 0 Å². The summed E-state index contributed by atoms with van der Waals surface area (Å²) in [4.78, 5) is 4.11. The van der Waals surface area contributed by atoms with Crippen molar-refractivity contribution in [1.29, 1.82) is 0 Å². The maximum atomic E-state index is 6.05. The highest BCUT2D eigenvalue weighted by molar-refractivity contribution is 9.10. The van der Waals surface area contributed by atoms with Gasteiger partial charge < -0.3 is 10.1 Å². The van der Waals surface area contributed by atoms with Gasteiger partial charge in [0.25, 0.3) is 0 Å². The van der Waals surface area contributed by atoms with Crippen molar-refractivity contribution < 1.29 is 4.74 Å². The van der Waals surface area contributed by atoms with Gasteiger partial charge >= 0.3 is 0 Å². The first kappa shape index (κ1) is 13.2. The second-order valence-corrected chi connectivity index (χ2v) is 5.04. The lowest BCUT2D eigenvalue weighted by molar-refractivity contribution is 0.415. The Morgan fingerprint density at radius 2 is 2.17 bits per heavy atom. The third-order valence-electron chi connectivity index (χ3n) is 2.41. The molecule has 1 heterocycles. The first-order valence-corrected chi connectivity index (χ1v) is 6.53. The Kier molecular flexibility index (Phi) is 4.44. The molecule has 2 rings (SSSR count). The number of hydrogen-bond acceptors (Lipinski definition) is 3. The molecule has 0 spiro atoms. The van der Waals surface area contributed by atoms with Gasteiger partial charge in [0.2, 0.25) is 0 Å². The SMILES string of the molecule is COc1ccc(NCc2cncc(Br)c2)cc1Cl. The van der Waals surface area contributed by atoms with Crippen LogP contribution in [-0.2, 0) is 6.54 Å². The Labute approximate surface area is 119 Å². The molecule has 0 aliphatic rings. The monoisotopic (exact) mass is 326 g/mol. The van der Waals surface area contributed by atoms with E-state index in [1.165, 1.54) is 0 Å². The van der Waals surface area contributed by atoms with Crippen LogP contribution < -0.4 is 10.1 Å². The molecule has 94 valence electrons. The van der Waals surface area contributed by atoms with Crippen LogP contribution >= 0.6 is 27.5 Å². The van der Waals surface area contributed by atoms with E-state index in [9.17, 15) is 0 Å². The summed E-state index contributed by atoms with van der Waals surface area (Å²) < 4.78 is 6.07. The molecular formula is C13H12BrClN2O. The topological polar surface area (TPSA) is 34.1 Å². The highest BCUT2D eigenvalue weighted by Crippen LogP contribution is 2.27. The van der Waals surface area contributed by atoms with Crippen molar-refractivity contribution in [2.45, 2.75) is 6.54 Å². The number of hydrogen-bond donors (Lipinski definition) is 1. The van der Waals surface area contributed by atoms with Gasteiger partial charge in [0.05, 0.1) is 12.1 Å². The summed E-state index contributed by atoms with van der Waals surface area (Å²) in [6.45, 7) is 0.690. The minimum absolute atomic E-state index is 0.592. The van der Waals surface area contributed by atoms with Gasteiger partial charge in [-0.2, -0.15) is 0 Å². The molecule has 0 aliphatic carbocycles. The standard InChI is InChI=1S/C13H12BrClN2O/c1-18-13-3-2-11(5-12(13)15)17-7-9-4-10(14)8-16-6-9/h2-6,8,17H,7H2,1H3. The molecule has 5 heteroatoms. The summed E-state index contributed by atoms with van der Waals surface area (Å²) in [5.41, 5.74) is 2.04. The number of methoxy groups -OCH3 is 1. The zero-order valence-corrected chi connectivity index (χ0v) is 12.1. The van der Waals surface area contributed by atoms with Gasteiger partial charge in [-0.1, -0.05) is 11.6 Å². The maximum Gasteiger partial charge on any atom is 0.137 e. The number of aromatic nitrogens is 1. The van der Waals surface area contributed by atoms with Gasteiger partial charge in [-0.25, -0.2) is 0 Å². The van der Waals surface area contributed by atoms with E-state index in [-0.39, 0.29) is 0 Å². The van der Waals surface area contributed by atoms with Gasteiger partial charge in [0.1, 0.15) is 5.75 Å². The smallest absolute Gasteiger partial charge is 0.137 e.